The van der Waals surface area contributed by atoms with Crippen LogP contribution in [0.25, 0.3) is 0 Å². The van der Waals surface area contributed by atoms with Crippen LogP contribution in [-0.2, 0) is 4.74 Å². The molecule has 0 bridgehead atoms. The van der Waals surface area contributed by atoms with E-state index in [0.29, 0.717) is 6.61 Å². The molecule has 2 N–H and O–H groups in total. The van der Waals surface area contributed by atoms with Gasteiger partial charge in [0.15, 0.2) is 0 Å². The largest absolute Gasteiger partial charge is 0.382 e. The van der Waals surface area contributed by atoms with Crippen molar-refractivity contribution in [3.63, 3.8) is 0 Å². The fourth-order valence-corrected chi connectivity index (χ4v) is 1.72. The average molecular weight is 252 g/mol. The quantitative estimate of drug-likeness (QED) is 0.780. The Kier molecular flexibility index (Phi) is 5.34. The maximum absolute atomic E-state index is 5.19. The number of ether oxygens (including phenoxy) is 1. The molecule has 0 unspecified atom stereocenters. The number of nitrogens with zero attached hydrogens (tertiary/aromatic N) is 2. The van der Waals surface area contributed by atoms with Crippen LogP contribution >= 0.6 is 0 Å². The summed E-state index contributed by atoms with van der Waals surface area (Å²) in [6, 6.07) is 0. The Hall–Kier alpha value is -1.36. The van der Waals surface area contributed by atoms with E-state index in [4.69, 9.17) is 4.74 Å². The SMILES string of the molecule is CCCNc1ncnc(NC(C)(C)COC)c1C. The maximum atomic E-state index is 5.19. The predicted molar refractivity (Wildman–Crippen MR) is 75.1 cm³/mol. The highest BCUT2D eigenvalue weighted by atomic mass is 16.5. The van der Waals surface area contributed by atoms with Gasteiger partial charge < -0.3 is 15.4 Å². The van der Waals surface area contributed by atoms with Gasteiger partial charge in [0.05, 0.1) is 12.1 Å². The highest BCUT2D eigenvalue weighted by Gasteiger charge is 2.19. The minimum absolute atomic E-state index is 0.157. The zero-order chi connectivity index (χ0) is 13.6. The monoisotopic (exact) mass is 252 g/mol. The van der Waals surface area contributed by atoms with Gasteiger partial charge in [0, 0.05) is 19.2 Å². The lowest BCUT2D eigenvalue weighted by molar-refractivity contribution is 0.158. The summed E-state index contributed by atoms with van der Waals surface area (Å²) in [6.07, 6.45) is 2.65. The van der Waals surface area contributed by atoms with Crippen molar-refractivity contribution in [1.82, 2.24) is 9.97 Å². The Morgan fingerprint density at radius 1 is 1.28 bits per heavy atom. The molecule has 0 fully saturated rings. The van der Waals surface area contributed by atoms with Crippen LogP contribution in [0.3, 0.4) is 0 Å². The molecule has 5 nitrogen and oxygen atoms in total. The molecule has 1 aromatic rings. The molecule has 5 heteroatoms. The molecule has 0 saturated heterocycles. The first-order valence-corrected chi connectivity index (χ1v) is 6.32. The van der Waals surface area contributed by atoms with Gasteiger partial charge in [0.1, 0.15) is 18.0 Å². The van der Waals surface area contributed by atoms with E-state index in [-0.39, 0.29) is 5.54 Å². The molecule has 102 valence electrons. The van der Waals surface area contributed by atoms with Crippen molar-refractivity contribution in [3.05, 3.63) is 11.9 Å². The van der Waals surface area contributed by atoms with E-state index >= 15 is 0 Å². The van der Waals surface area contributed by atoms with Crippen molar-refractivity contribution in [2.24, 2.45) is 0 Å². The molecule has 0 amide bonds. The number of rotatable bonds is 7. The average Bonchev–Trinajstić information content (AvgIpc) is 2.30. The summed E-state index contributed by atoms with van der Waals surface area (Å²) in [5.74, 6) is 1.74. The van der Waals surface area contributed by atoms with E-state index in [0.717, 1.165) is 30.2 Å². The van der Waals surface area contributed by atoms with Crippen molar-refractivity contribution in [2.45, 2.75) is 39.7 Å². The minimum Gasteiger partial charge on any atom is -0.382 e. The third-order valence-electron chi connectivity index (χ3n) is 2.59. The van der Waals surface area contributed by atoms with Gasteiger partial charge >= 0.3 is 0 Å². The van der Waals surface area contributed by atoms with Crippen molar-refractivity contribution in [1.29, 1.82) is 0 Å². The van der Waals surface area contributed by atoms with Crippen LogP contribution in [0.2, 0.25) is 0 Å². The first-order chi connectivity index (χ1) is 8.50. The van der Waals surface area contributed by atoms with E-state index in [1.165, 1.54) is 0 Å². The molecule has 0 aliphatic heterocycles. The van der Waals surface area contributed by atoms with Crippen LogP contribution in [-0.4, -0.2) is 35.8 Å². The fraction of sp³-hybridized carbons (Fsp3) is 0.692. The van der Waals surface area contributed by atoms with Crippen LogP contribution in [0, 0.1) is 6.92 Å². The number of aromatic nitrogens is 2. The molecule has 0 saturated carbocycles. The molecule has 18 heavy (non-hydrogen) atoms. The number of hydrogen-bond donors (Lipinski definition) is 2. The summed E-state index contributed by atoms with van der Waals surface area (Å²) in [6.45, 7) is 9.84. The van der Waals surface area contributed by atoms with Crippen LogP contribution in [0.5, 0.6) is 0 Å². The van der Waals surface area contributed by atoms with E-state index in [1.807, 2.05) is 6.92 Å². The Balaban J connectivity index is 2.83. The zero-order valence-corrected chi connectivity index (χ0v) is 12.0. The first kappa shape index (κ1) is 14.7. The summed E-state index contributed by atoms with van der Waals surface area (Å²) < 4.78 is 5.19. The molecule has 1 aromatic heterocycles. The highest BCUT2D eigenvalue weighted by Crippen LogP contribution is 2.21. The van der Waals surface area contributed by atoms with Gasteiger partial charge in [0.2, 0.25) is 0 Å². The summed E-state index contributed by atoms with van der Waals surface area (Å²) >= 11 is 0. The maximum Gasteiger partial charge on any atom is 0.134 e. The van der Waals surface area contributed by atoms with E-state index in [1.54, 1.807) is 13.4 Å². The Bertz CT molecular complexity index is 379. The van der Waals surface area contributed by atoms with Crippen LogP contribution in [0.1, 0.15) is 32.8 Å². The Morgan fingerprint density at radius 2 is 1.94 bits per heavy atom. The van der Waals surface area contributed by atoms with E-state index in [9.17, 15) is 0 Å². The van der Waals surface area contributed by atoms with Crippen LogP contribution < -0.4 is 10.6 Å². The van der Waals surface area contributed by atoms with Gasteiger partial charge in [0.25, 0.3) is 0 Å². The summed E-state index contributed by atoms with van der Waals surface area (Å²) in [5, 5.41) is 6.69. The van der Waals surface area contributed by atoms with Gasteiger partial charge in [-0.15, -0.1) is 0 Å². The van der Waals surface area contributed by atoms with Gasteiger partial charge in [-0.05, 0) is 27.2 Å². The molecule has 0 spiro atoms. The highest BCUT2D eigenvalue weighted by molar-refractivity contribution is 5.57. The normalized spacial score (nSPS) is 11.4. The second kappa shape index (κ2) is 6.54. The zero-order valence-electron chi connectivity index (χ0n) is 12.0. The van der Waals surface area contributed by atoms with Gasteiger partial charge in [-0.25, -0.2) is 9.97 Å². The van der Waals surface area contributed by atoms with Crippen molar-refractivity contribution in [3.8, 4) is 0 Å². The second-order valence-corrected chi connectivity index (χ2v) is 5.06. The Labute approximate surface area is 109 Å². The summed E-state index contributed by atoms with van der Waals surface area (Å²) in [7, 11) is 1.70. The lowest BCUT2D eigenvalue weighted by Crippen LogP contribution is -2.36. The predicted octanol–water partition coefficient (Wildman–Crippen LogP) is 2.44. The second-order valence-electron chi connectivity index (χ2n) is 5.06. The van der Waals surface area contributed by atoms with Crippen molar-refractivity contribution >= 4 is 11.6 Å². The summed E-state index contributed by atoms with van der Waals surface area (Å²) in [5.41, 5.74) is 0.880. The fourth-order valence-electron chi connectivity index (χ4n) is 1.72. The van der Waals surface area contributed by atoms with E-state index in [2.05, 4.69) is 41.4 Å². The minimum atomic E-state index is -0.157. The number of methoxy groups -OCH3 is 1. The van der Waals surface area contributed by atoms with Crippen LogP contribution in [0.15, 0.2) is 6.33 Å². The van der Waals surface area contributed by atoms with E-state index < -0.39 is 0 Å². The molecule has 0 aliphatic rings. The third kappa shape index (κ3) is 4.14. The lowest BCUT2D eigenvalue weighted by Gasteiger charge is -2.27. The molecular formula is C13H24N4O. The number of anilines is 2. The lowest BCUT2D eigenvalue weighted by atomic mass is 10.1. The van der Waals surface area contributed by atoms with Gasteiger partial charge in [-0.2, -0.15) is 0 Å². The molecule has 0 aromatic carbocycles. The summed E-state index contributed by atoms with van der Waals surface area (Å²) in [4.78, 5) is 8.56. The molecular weight excluding hydrogens is 228 g/mol. The van der Waals surface area contributed by atoms with Gasteiger partial charge in [-0.3, -0.25) is 0 Å². The van der Waals surface area contributed by atoms with Crippen molar-refractivity contribution < 1.29 is 4.74 Å². The Morgan fingerprint density at radius 3 is 2.56 bits per heavy atom. The standard InChI is InChI=1S/C13H24N4O/c1-6-7-14-11-10(2)12(16-9-15-11)17-13(3,4)8-18-5/h9H,6-8H2,1-5H3,(H2,14,15,16,17). The van der Waals surface area contributed by atoms with Crippen molar-refractivity contribution in [2.75, 3.05) is 30.9 Å². The third-order valence-corrected chi connectivity index (χ3v) is 2.59. The molecule has 1 heterocycles. The molecule has 0 radical (unpaired) electrons. The number of nitrogens with one attached hydrogen (secondary N) is 2. The molecule has 0 aliphatic carbocycles. The first-order valence-electron chi connectivity index (χ1n) is 6.32. The van der Waals surface area contributed by atoms with Gasteiger partial charge in [-0.1, -0.05) is 6.92 Å². The van der Waals surface area contributed by atoms with Crippen LogP contribution in [0.4, 0.5) is 11.6 Å². The molecule has 1 rings (SSSR count). The smallest absolute Gasteiger partial charge is 0.134 e. The molecule has 0 atom stereocenters. The number of hydrogen-bond acceptors (Lipinski definition) is 5. The topological polar surface area (TPSA) is 59.1 Å².